The van der Waals surface area contributed by atoms with E-state index < -0.39 is 0 Å². The summed E-state index contributed by atoms with van der Waals surface area (Å²) in [5.41, 5.74) is 7.90. The molecule has 0 saturated heterocycles. The molecule has 0 unspecified atom stereocenters. The molecule has 13 heavy (non-hydrogen) atoms. The molecule has 0 saturated carbocycles. The van der Waals surface area contributed by atoms with Gasteiger partial charge in [-0.2, -0.15) is 0 Å². The number of thioether (sulfide) groups is 1. The third-order valence-electron chi connectivity index (χ3n) is 2.15. The minimum atomic E-state index is 0.891. The van der Waals surface area contributed by atoms with Gasteiger partial charge in [0.25, 0.3) is 0 Å². The number of rotatable bonds is 1. The molecule has 68 valence electrons. The fourth-order valence-corrected chi connectivity index (χ4v) is 3.17. The number of hydrogen-bond acceptors (Lipinski definition) is 3. The van der Waals surface area contributed by atoms with Crippen molar-refractivity contribution in [2.45, 2.75) is 11.8 Å². The molecule has 1 aromatic carbocycles. The lowest BCUT2D eigenvalue weighted by atomic mass is 10.1. The van der Waals surface area contributed by atoms with Gasteiger partial charge in [0, 0.05) is 26.0 Å². The summed E-state index contributed by atoms with van der Waals surface area (Å²) in [5, 5.41) is 3.53. The van der Waals surface area contributed by atoms with Crippen molar-refractivity contribution < 1.29 is 0 Å². The van der Waals surface area contributed by atoms with E-state index in [1.165, 1.54) is 20.5 Å². The van der Waals surface area contributed by atoms with Gasteiger partial charge in [0.1, 0.15) is 0 Å². The van der Waals surface area contributed by atoms with Gasteiger partial charge in [-0.05, 0) is 30.9 Å². The second-order valence-electron chi connectivity index (χ2n) is 3.01. The van der Waals surface area contributed by atoms with E-state index in [0.717, 1.165) is 5.69 Å². The summed E-state index contributed by atoms with van der Waals surface area (Å²) in [6, 6.07) is 4.24. The van der Waals surface area contributed by atoms with E-state index in [0.29, 0.717) is 0 Å². The zero-order valence-electron chi connectivity index (χ0n) is 7.63. The maximum absolute atomic E-state index is 5.84. The Hall–Kier alpha value is -0.670. The fraction of sp³-hybridized carbons (Fsp3) is 0.200. The summed E-state index contributed by atoms with van der Waals surface area (Å²) in [7, 11) is 0. The van der Waals surface area contributed by atoms with Crippen LogP contribution in [0.4, 0.5) is 5.69 Å². The zero-order chi connectivity index (χ0) is 9.42. The maximum atomic E-state index is 5.84. The highest BCUT2D eigenvalue weighted by Crippen LogP contribution is 2.34. The smallest absolute Gasteiger partial charge is 0.0375 e. The minimum absolute atomic E-state index is 0.891. The van der Waals surface area contributed by atoms with Gasteiger partial charge in [-0.25, -0.2) is 0 Å². The molecular weight excluding hydrogens is 198 g/mol. The molecule has 1 aromatic heterocycles. The molecule has 0 spiro atoms. The van der Waals surface area contributed by atoms with Gasteiger partial charge in [-0.15, -0.1) is 23.1 Å². The molecule has 0 aliphatic carbocycles. The Morgan fingerprint density at radius 2 is 2.15 bits per heavy atom. The number of benzene rings is 1. The number of aryl methyl sites for hydroxylation is 1. The van der Waals surface area contributed by atoms with E-state index in [9.17, 15) is 0 Å². The Morgan fingerprint density at radius 3 is 2.85 bits per heavy atom. The summed E-state index contributed by atoms with van der Waals surface area (Å²) in [4.78, 5) is 1.35. The van der Waals surface area contributed by atoms with E-state index >= 15 is 0 Å². The van der Waals surface area contributed by atoms with Crippen LogP contribution in [0, 0.1) is 6.92 Å². The average Bonchev–Trinajstić information content (AvgIpc) is 2.48. The summed E-state index contributed by atoms with van der Waals surface area (Å²) in [5.74, 6) is 0. The molecule has 1 heterocycles. The number of anilines is 1. The molecule has 0 radical (unpaired) electrons. The van der Waals surface area contributed by atoms with Gasteiger partial charge < -0.3 is 5.73 Å². The summed E-state index contributed by atoms with van der Waals surface area (Å²) < 4.78 is 1.28. The number of hydrogen-bond donors (Lipinski definition) is 1. The van der Waals surface area contributed by atoms with Crippen LogP contribution in [0.1, 0.15) is 5.56 Å². The highest BCUT2D eigenvalue weighted by Gasteiger charge is 2.04. The van der Waals surface area contributed by atoms with Gasteiger partial charge in [0.05, 0.1) is 0 Å². The first-order valence-electron chi connectivity index (χ1n) is 4.03. The molecule has 0 aliphatic heterocycles. The number of fused-ring (bicyclic) bond motifs is 1. The number of nitrogens with two attached hydrogens (primary N) is 1. The van der Waals surface area contributed by atoms with Crippen molar-refractivity contribution in [3.8, 4) is 0 Å². The Morgan fingerprint density at radius 1 is 1.38 bits per heavy atom. The van der Waals surface area contributed by atoms with Crippen LogP contribution in [-0.4, -0.2) is 6.26 Å². The molecule has 2 aromatic rings. The topological polar surface area (TPSA) is 26.0 Å². The molecule has 0 aliphatic rings. The normalized spacial score (nSPS) is 10.9. The van der Waals surface area contributed by atoms with Crippen molar-refractivity contribution in [1.29, 1.82) is 0 Å². The molecule has 0 fully saturated rings. The molecule has 2 N–H and O–H groups in total. The van der Waals surface area contributed by atoms with Crippen LogP contribution in [0.3, 0.4) is 0 Å². The van der Waals surface area contributed by atoms with Gasteiger partial charge in [0.15, 0.2) is 0 Å². The Labute approximate surface area is 85.9 Å². The molecule has 0 bridgehead atoms. The quantitative estimate of drug-likeness (QED) is 0.574. The molecule has 0 amide bonds. The highest BCUT2D eigenvalue weighted by atomic mass is 32.2. The van der Waals surface area contributed by atoms with Gasteiger partial charge >= 0.3 is 0 Å². The predicted molar refractivity (Wildman–Crippen MR) is 62.8 cm³/mol. The summed E-state index contributed by atoms with van der Waals surface area (Å²) in [6.07, 6.45) is 2.10. The van der Waals surface area contributed by atoms with Crippen LogP contribution >= 0.6 is 23.1 Å². The van der Waals surface area contributed by atoms with Gasteiger partial charge in [-0.3, -0.25) is 0 Å². The van der Waals surface area contributed by atoms with E-state index in [-0.39, 0.29) is 0 Å². The summed E-state index contributed by atoms with van der Waals surface area (Å²) in [6.45, 7) is 2.05. The zero-order valence-corrected chi connectivity index (χ0v) is 9.26. The Bertz CT molecular complexity index is 445. The first-order chi connectivity index (χ1) is 6.22. The molecule has 0 atom stereocenters. The molecular formula is C10H11NS2. The standard InChI is InChI=1S/C10H11NS2/c1-6-3-7-9(4-8(6)11)13-5-10(7)12-2/h3-5H,11H2,1-2H3. The fourth-order valence-electron chi connectivity index (χ4n) is 1.33. The van der Waals surface area contributed by atoms with E-state index in [1.807, 2.05) is 0 Å². The van der Waals surface area contributed by atoms with Crippen molar-refractivity contribution >= 4 is 38.9 Å². The summed E-state index contributed by atoms with van der Waals surface area (Å²) >= 11 is 3.55. The lowest BCUT2D eigenvalue weighted by Crippen LogP contribution is -1.87. The van der Waals surface area contributed by atoms with Crippen molar-refractivity contribution in [3.05, 3.63) is 23.1 Å². The second kappa shape index (κ2) is 3.24. The highest BCUT2D eigenvalue weighted by molar-refractivity contribution is 7.99. The first kappa shape index (κ1) is 8.91. The monoisotopic (exact) mass is 209 g/mol. The number of thiophene rings is 1. The SMILES string of the molecule is CSc1csc2cc(N)c(C)cc12. The maximum Gasteiger partial charge on any atom is 0.0375 e. The van der Waals surface area contributed by atoms with Crippen LogP contribution < -0.4 is 5.73 Å². The lowest BCUT2D eigenvalue weighted by molar-refractivity contribution is 1.49. The van der Waals surface area contributed by atoms with Crippen LogP contribution in [0.2, 0.25) is 0 Å². The molecule has 2 rings (SSSR count). The Balaban J connectivity index is 2.77. The molecule has 1 nitrogen and oxygen atoms in total. The average molecular weight is 209 g/mol. The van der Waals surface area contributed by atoms with Crippen molar-refractivity contribution in [2.75, 3.05) is 12.0 Å². The third kappa shape index (κ3) is 1.42. The minimum Gasteiger partial charge on any atom is -0.398 e. The van der Waals surface area contributed by atoms with Crippen LogP contribution in [0.15, 0.2) is 22.4 Å². The first-order valence-corrected chi connectivity index (χ1v) is 6.14. The second-order valence-corrected chi connectivity index (χ2v) is 4.77. The van der Waals surface area contributed by atoms with Gasteiger partial charge in [0.2, 0.25) is 0 Å². The molecule has 3 heteroatoms. The van der Waals surface area contributed by atoms with Gasteiger partial charge in [-0.1, -0.05) is 0 Å². The van der Waals surface area contributed by atoms with Crippen LogP contribution in [-0.2, 0) is 0 Å². The predicted octanol–water partition coefficient (Wildman–Crippen LogP) is 3.51. The van der Waals surface area contributed by atoms with Crippen LogP contribution in [0.5, 0.6) is 0 Å². The lowest BCUT2D eigenvalue weighted by Gasteiger charge is -2.00. The largest absolute Gasteiger partial charge is 0.398 e. The van der Waals surface area contributed by atoms with E-state index in [4.69, 9.17) is 5.73 Å². The van der Waals surface area contributed by atoms with Crippen molar-refractivity contribution in [2.24, 2.45) is 0 Å². The van der Waals surface area contributed by atoms with E-state index in [2.05, 4.69) is 30.7 Å². The number of nitrogen functional groups attached to an aromatic ring is 1. The van der Waals surface area contributed by atoms with Crippen molar-refractivity contribution in [1.82, 2.24) is 0 Å². The Kier molecular flexibility index (Phi) is 2.22. The van der Waals surface area contributed by atoms with Crippen molar-refractivity contribution in [3.63, 3.8) is 0 Å². The third-order valence-corrected chi connectivity index (χ3v) is 4.02. The van der Waals surface area contributed by atoms with E-state index in [1.54, 1.807) is 23.1 Å². The van der Waals surface area contributed by atoms with Crippen LogP contribution in [0.25, 0.3) is 10.1 Å².